The first-order chi connectivity index (χ1) is 9.24. The van der Waals surface area contributed by atoms with E-state index in [2.05, 4.69) is 10.2 Å². The average Bonchev–Trinajstić information content (AvgIpc) is 2.98. The molecule has 2 rings (SSSR count). The highest BCUT2D eigenvalue weighted by molar-refractivity contribution is 6.01. The number of anilines is 1. The molecule has 1 heterocycles. The minimum atomic E-state index is -0.355. The van der Waals surface area contributed by atoms with E-state index in [0.717, 1.165) is 18.7 Å². The van der Waals surface area contributed by atoms with Crippen LogP contribution in [0.1, 0.15) is 18.4 Å². The third-order valence-corrected chi connectivity index (χ3v) is 3.27. The van der Waals surface area contributed by atoms with Crippen molar-refractivity contribution in [2.75, 3.05) is 25.0 Å². The van der Waals surface area contributed by atoms with Crippen molar-refractivity contribution in [3.05, 3.63) is 35.4 Å². The highest BCUT2D eigenvalue weighted by Gasteiger charge is 2.12. The lowest BCUT2D eigenvalue weighted by Crippen LogP contribution is -2.19. The van der Waals surface area contributed by atoms with Crippen LogP contribution in [0.3, 0.4) is 0 Å². The van der Waals surface area contributed by atoms with Crippen LogP contribution in [0.15, 0.2) is 29.8 Å². The van der Waals surface area contributed by atoms with Gasteiger partial charge >= 0.3 is 0 Å². The molecule has 1 amide bonds. The zero-order valence-corrected chi connectivity index (χ0v) is 11.0. The lowest BCUT2D eigenvalue weighted by Gasteiger charge is -2.17. The molecule has 0 unspecified atom stereocenters. The number of hydrogen-bond donors (Lipinski definition) is 1. The number of hydrogen-bond acceptors (Lipinski definition) is 3. The summed E-state index contributed by atoms with van der Waals surface area (Å²) in [5, 5.41) is 11.4. The molecule has 0 saturated carbocycles. The minimum absolute atomic E-state index is 0.122. The van der Waals surface area contributed by atoms with Crippen molar-refractivity contribution in [2.45, 2.75) is 12.8 Å². The van der Waals surface area contributed by atoms with E-state index < -0.39 is 0 Å². The molecule has 1 saturated heterocycles. The molecule has 4 heteroatoms. The third kappa shape index (κ3) is 3.14. The van der Waals surface area contributed by atoms with Gasteiger partial charge in [-0.1, -0.05) is 12.1 Å². The zero-order valence-electron chi connectivity index (χ0n) is 11.0. The van der Waals surface area contributed by atoms with Gasteiger partial charge in [-0.05, 0) is 36.6 Å². The summed E-state index contributed by atoms with van der Waals surface area (Å²) in [6.45, 7) is 2.22. The van der Waals surface area contributed by atoms with Crippen molar-refractivity contribution in [3.63, 3.8) is 0 Å². The van der Waals surface area contributed by atoms with Crippen LogP contribution < -0.4 is 10.2 Å². The first kappa shape index (κ1) is 13.2. The van der Waals surface area contributed by atoms with Crippen LogP contribution in [-0.4, -0.2) is 26.0 Å². The summed E-state index contributed by atoms with van der Waals surface area (Å²) < 4.78 is 0. The minimum Gasteiger partial charge on any atom is -0.372 e. The highest BCUT2D eigenvalue weighted by atomic mass is 16.1. The summed E-state index contributed by atoms with van der Waals surface area (Å²) in [6.07, 6.45) is 4.10. The Morgan fingerprint density at radius 2 is 1.95 bits per heavy atom. The van der Waals surface area contributed by atoms with E-state index in [1.807, 2.05) is 30.3 Å². The number of carbonyl (C=O) groups is 1. The molecule has 0 aliphatic carbocycles. The van der Waals surface area contributed by atoms with Crippen molar-refractivity contribution in [1.29, 1.82) is 5.26 Å². The smallest absolute Gasteiger partial charge is 0.261 e. The number of nitrogens with one attached hydrogen (secondary N) is 1. The van der Waals surface area contributed by atoms with Crippen molar-refractivity contribution in [3.8, 4) is 6.07 Å². The Hall–Kier alpha value is -2.28. The molecule has 1 aromatic rings. The Balaban J connectivity index is 2.16. The molecular formula is C15H17N3O. The number of likely N-dealkylation sites (N-methyl/N-ethyl adjacent to an activating group) is 1. The molecule has 0 bridgehead atoms. The van der Waals surface area contributed by atoms with E-state index >= 15 is 0 Å². The summed E-state index contributed by atoms with van der Waals surface area (Å²) in [5.41, 5.74) is 2.19. The van der Waals surface area contributed by atoms with Gasteiger partial charge in [-0.25, -0.2) is 0 Å². The summed E-state index contributed by atoms with van der Waals surface area (Å²) >= 11 is 0. The molecule has 0 spiro atoms. The number of nitriles is 1. The van der Waals surface area contributed by atoms with Crippen LogP contribution in [-0.2, 0) is 4.79 Å². The summed E-state index contributed by atoms with van der Waals surface area (Å²) in [7, 11) is 1.52. The summed E-state index contributed by atoms with van der Waals surface area (Å²) in [5.74, 6) is -0.355. The first-order valence-electron chi connectivity index (χ1n) is 6.43. The maximum Gasteiger partial charge on any atom is 0.261 e. The van der Waals surface area contributed by atoms with E-state index in [1.165, 1.54) is 25.6 Å². The fourth-order valence-electron chi connectivity index (χ4n) is 2.21. The molecule has 0 atom stereocenters. The second-order valence-electron chi connectivity index (χ2n) is 4.53. The normalized spacial score (nSPS) is 15.2. The topological polar surface area (TPSA) is 56.1 Å². The number of amides is 1. The average molecular weight is 255 g/mol. The standard InChI is InChI=1S/C15H17N3O/c1-17-15(19)13(11-16)10-12-4-6-14(7-5-12)18-8-2-3-9-18/h4-7,10H,2-3,8-9H2,1H3,(H,17,19)/b13-10+. The van der Waals surface area contributed by atoms with Crippen molar-refractivity contribution >= 4 is 17.7 Å². The monoisotopic (exact) mass is 255 g/mol. The number of carbonyl (C=O) groups excluding carboxylic acids is 1. The molecule has 19 heavy (non-hydrogen) atoms. The Bertz CT molecular complexity index is 519. The Morgan fingerprint density at radius 1 is 1.32 bits per heavy atom. The Kier molecular flexibility index (Phi) is 4.19. The second kappa shape index (κ2) is 6.05. The SMILES string of the molecule is CNC(=O)/C(C#N)=C/c1ccc(N2CCCC2)cc1. The number of nitrogens with zero attached hydrogens (tertiary/aromatic N) is 2. The van der Waals surface area contributed by atoms with Crippen LogP contribution in [0.2, 0.25) is 0 Å². The van der Waals surface area contributed by atoms with Crippen LogP contribution in [0.5, 0.6) is 0 Å². The van der Waals surface area contributed by atoms with Crippen LogP contribution >= 0.6 is 0 Å². The predicted octanol–water partition coefficient (Wildman–Crippen LogP) is 1.94. The van der Waals surface area contributed by atoms with Gasteiger partial charge in [-0.2, -0.15) is 5.26 Å². The van der Waals surface area contributed by atoms with E-state index in [-0.39, 0.29) is 11.5 Å². The van der Waals surface area contributed by atoms with Gasteiger partial charge in [0.25, 0.3) is 5.91 Å². The molecule has 98 valence electrons. The molecule has 1 aliphatic rings. The molecule has 0 radical (unpaired) electrons. The Labute approximate surface area is 113 Å². The second-order valence-corrected chi connectivity index (χ2v) is 4.53. The van der Waals surface area contributed by atoms with E-state index in [0.29, 0.717) is 0 Å². The van der Waals surface area contributed by atoms with Gasteiger partial charge < -0.3 is 10.2 Å². The Morgan fingerprint density at radius 3 is 2.47 bits per heavy atom. The van der Waals surface area contributed by atoms with Crippen molar-refractivity contribution in [1.82, 2.24) is 5.32 Å². The van der Waals surface area contributed by atoms with Gasteiger partial charge in [-0.3, -0.25) is 4.79 Å². The molecule has 0 aromatic heterocycles. The van der Waals surface area contributed by atoms with E-state index in [4.69, 9.17) is 5.26 Å². The van der Waals surface area contributed by atoms with Crippen molar-refractivity contribution in [2.24, 2.45) is 0 Å². The van der Waals surface area contributed by atoms with E-state index in [1.54, 1.807) is 6.08 Å². The lowest BCUT2D eigenvalue weighted by atomic mass is 10.1. The molecular weight excluding hydrogens is 238 g/mol. The number of rotatable bonds is 3. The number of benzene rings is 1. The molecule has 4 nitrogen and oxygen atoms in total. The molecule has 1 N–H and O–H groups in total. The van der Waals surface area contributed by atoms with Gasteiger partial charge in [-0.15, -0.1) is 0 Å². The highest BCUT2D eigenvalue weighted by Crippen LogP contribution is 2.21. The van der Waals surface area contributed by atoms with E-state index in [9.17, 15) is 4.79 Å². The largest absolute Gasteiger partial charge is 0.372 e. The van der Waals surface area contributed by atoms with Crippen LogP contribution in [0, 0.1) is 11.3 Å². The van der Waals surface area contributed by atoms with Crippen LogP contribution in [0.4, 0.5) is 5.69 Å². The fourth-order valence-corrected chi connectivity index (χ4v) is 2.21. The van der Waals surface area contributed by atoms with Gasteiger partial charge in [0.2, 0.25) is 0 Å². The lowest BCUT2D eigenvalue weighted by molar-refractivity contribution is -0.116. The maximum atomic E-state index is 11.4. The van der Waals surface area contributed by atoms with Crippen molar-refractivity contribution < 1.29 is 4.79 Å². The summed E-state index contributed by atoms with van der Waals surface area (Å²) in [4.78, 5) is 13.8. The molecule has 1 fully saturated rings. The van der Waals surface area contributed by atoms with Crippen LogP contribution in [0.25, 0.3) is 6.08 Å². The zero-order chi connectivity index (χ0) is 13.7. The summed E-state index contributed by atoms with van der Waals surface area (Å²) in [6, 6.07) is 9.86. The van der Waals surface area contributed by atoms with Gasteiger partial charge in [0.1, 0.15) is 11.6 Å². The van der Waals surface area contributed by atoms with Gasteiger partial charge in [0.15, 0.2) is 0 Å². The van der Waals surface area contributed by atoms with Gasteiger partial charge in [0, 0.05) is 25.8 Å². The maximum absolute atomic E-state index is 11.4. The van der Waals surface area contributed by atoms with Gasteiger partial charge in [0.05, 0.1) is 0 Å². The third-order valence-electron chi connectivity index (χ3n) is 3.27. The molecule has 1 aromatic carbocycles. The molecule has 1 aliphatic heterocycles. The first-order valence-corrected chi connectivity index (χ1v) is 6.43. The fraction of sp³-hybridized carbons (Fsp3) is 0.333. The predicted molar refractivity (Wildman–Crippen MR) is 75.5 cm³/mol. The quantitative estimate of drug-likeness (QED) is 0.663.